The number of hydrogen-bond donors (Lipinski definition) is 1. The number of anilines is 1. The molecular formula is C38H42FN5O3. The average Bonchev–Trinajstić information content (AvgIpc) is 3.67. The van der Waals surface area contributed by atoms with Gasteiger partial charge in [0.2, 0.25) is 5.91 Å². The Balaban J connectivity index is 1.10. The van der Waals surface area contributed by atoms with E-state index in [-0.39, 0.29) is 23.7 Å². The Kier molecular flexibility index (Phi) is 8.55. The summed E-state index contributed by atoms with van der Waals surface area (Å²) in [4.78, 5) is 31.9. The average molecular weight is 636 g/mol. The van der Waals surface area contributed by atoms with Gasteiger partial charge in [0.05, 0.1) is 30.2 Å². The van der Waals surface area contributed by atoms with Gasteiger partial charge in [-0.3, -0.25) is 4.79 Å². The summed E-state index contributed by atoms with van der Waals surface area (Å²) < 4.78 is 22.8. The molecule has 0 radical (unpaired) electrons. The second kappa shape index (κ2) is 12.9. The molecule has 4 aromatic rings. The topological polar surface area (TPSA) is 89.4 Å². The highest BCUT2D eigenvalue weighted by molar-refractivity contribution is 5.90. The van der Waals surface area contributed by atoms with Crippen molar-refractivity contribution >= 4 is 17.6 Å². The molecule has 3 heterocycles. The number of piperidine rings is 1. The van der Waals surface area contributed by atoms with E-state index >= 15 is 4.39 Å². The van der Waals surface area contributed by atoms with E-state index in [1.807, 2.05) is 49.1 Å². The molecule has 8 nitrogen and oxygen atoms in total. The number of hydrogen-bond acceptors (Lipinski definition) is 6. The summed E-state index contributed by atoms with van der Waals surface area (Å²) in [7, 11) is 0. The third-order valence-corrected chi connectivity index (χ3v) is 10.2. The molecule has 1 unspecified atom stereocenters. The van der Waals surface area contributed by atoms with Gasteiger partial charge in [-0.25, -0.2) is 18.9 Å². The first-order chi connectivity index (χ1) is 22.8. The Bertz CT molecular complexity index is 1820. The Morgan fingerprint density at radius 2 is 1.79 bits per heavy atom. The van der Waals surface area contributed by atoms with Gasteiger partial charge in [0.15, 0.2) is 5.82 Å². The molecule has 2 fully saturated rings. The zero-order valence-corrected chi connectivity index (χ0v) is 27.4. The molecule has 3 aliphatic rings. The Morgan fingerprint density at radius 1 is 1.00 bits per heavy atom. The van der Waals surface area contributed by atoms with Crippen molar-refractivity contribution in [1.82, 2.24) is 19.7 Å². The molecule has 7 rings (SSSR count). The number of carbonyl (C=O) groups excluding carboxylic acids is 2. The summed E-state index contributed by atoms with van der Waals surface area (Å²) in [6.07, 6.45) is 7.96. The van der Waals surface area contributed by atoms with Crippen LogP contribution < -0.4 is 5.32 Å². The highest BCUT2D eigenvalue weighted by Gasteiger charge is 2.31. The molecule has 9 heteroatoms. The molecular weight excluding hydrogens is 593 g/mol. The van der Waals surface area contributed by atoms with Crippen LogP contribution in [0.1, 0.15) is 95.7 Å². The standard InChI is InChI=1S/C38H42FN5O3/c1-4-47-38(46)30-22-40-44(24(30)3)34-10-6-9-32(42-34)29-8-5-7-27-13-15-33(36(27)29)41-31-16-14-28(37(39)23(31)2)26-17-19-43(20-18-26)35(45)21-25-11-12-25/h5-10,14,16,22,25-26,33,41H,4,11-13,15,17-21H2,1-3H3. The number of pyridine rings is 1. The number of ether oxygens (including phenoxy) is 1. The molecule has 1 N–H and O–H groups in total. The van der Waals surface area contributed by atoms with E-state index < -0.39 is 5.97 Å². The van der Waals surface area contributed by atoms with Crippen LogP contribution in [-0.4, -0.2) is 51.2 Å². The van der Waals surface area contributed by atoms with Crippen LogP contribution in [0.25, 0.3) is 17.1 Å². The molecule has 47 heavy (non-hydrogen) atoms. The number of fused-ring (bicyclic) bond motifs is 1. The predicted molar refractivity (Wildman–Crippen MR) is 179 cm³/mol. The lowest BCUT2D eigenvalue weighted by molar-refractivity contribution is -0.132. The molecule has 2 aromatic carbocycles. The molecule has 1 amide bonds. The maximum absolute atomic E-state index is 16.0. The fraction of sp³-hybridized carbons (Fsp3) is 0.421. The second-order valence-electron chi connectivity index (χ2n) is 13.2. The largest absolute Gasteiger partial charge is 0.462 e. The third kappa shape index (κ3) is 6.15. The zero-order valence-electron chi connectivity index (χ0n) is 27.4. The van der Waals surface area contributed by atoms with E-state index in [4.69, 9.17) is 9.72 Å². The fourth-order valence-electron chi connectivity index (χ4n) is 7.30. The number of halogens is 1. The number of amides is 1. The monoisotopic (exact) mass is 635 g/mol. The van der Waals surface area contributed by atoms with Crippen molar-refractivity contribution in [3.8, 4) is 17.1 Å². The van der Waals surface area contributed by atoms with Crippen molar-refractivity contribution in [2.45, 2.75) is 77.7 Å². The van der Waals surface area contributed by atoms with E-state index in [1.165, 1.54) is 30.2 Å². The first kappa shape index (κ1) is 31.1. The maximum Gasteiger partial charge on any atom is 0.341 e. The van der Waals surface area contributed by atoms with Crippen LogP contribution >= 0.6 is 0 Å². The van der Waals surface area contributed by atoms with Crippen molar-refractivity contribution in [1.29, 1.82) is 0 Å². The lowest BCUT2D eigenvalue weighted by atomic mass is 9.87. The SMILES string of the molecule is CCOC(=O)c1cnn(-c2cccc(-c3cccc4c3C(Nc3ccc(C5CCN(C(=O)CC6CC6)CC5)c(F)c3C)CC4)n2)c1C. The quantitative estimate of drug-likeness (QED) is 0.192. The van der Waals surface area contributed by atoms with Crippen molar-refractivity contribution in [3.63, 3.8) is 0 Å². The van der Waals surface area contributed by atoms with Crippen molar-refractivity contribution < 1.29 is 18.7 Å². The van der Waals surface area contributed by atoms with E-state index in [0.717, 1.165) is 48.2 Å². The van der Waals surface area contributed by atoms with Crippen LogP contribution in [0.2, 0.25) is 0 Å². The molecule has 1 atom stereocenters. The number of likely N-dealkylation sites (tertiary alicyclic amines) is 1. The van der Waals surface area contributed by atoms with Gasteiger partial charge in [0.1, 0.15) is 11.4 Å². The maximum atomic E-state index is 16.0. The first-order valence-electron chi connectivity index (χ1n) is 17.0. The Hall–Kier alpha value is -4.53. The minimum atomic E-state index is -0.400. The number of nitrogens with one attached hydrogen (secondary N) is 1. The lowest BCUT2D eigenvalue weighted by Crippen LogP contribution is -2.38. The summed E-state index contributed by atoms with van der Waals surface area (Å²) in [6.45, 7) is 7.18. The Morgan fingerprint density at radius 3 is 2.55 bits per heavy atom. The Labute approximate surface area is 275 Å². The second-order valence-corrected chi connectivity index (χ2v) is 13.2. The number of rotatable bonds is 9. The summed E-state index contributed by atoms with van der Waals surface area (Å²) in [5.41, 5.74) is 7.54. The van der Waals surface area contributed by atoms with Crippen LogP contribution in [-0.2, 0) is 16.0 Å². The highest BCUT2D eigenvalue weighted by Crippen LogP contribution is 2.42. The molecule has 0 bridgehead atoms. The van der Waals surface area contributed by atoms with E-state index in [9.17, 15) is 9.59 Å². The normalized spacial score (nSPS) is 17.9. The van der Waals surface area contributed by atoms with Crippen molar-refractivity contribution in [3.05, 3.63) is 94.1 Å². The van der Waals surface area contributed by atoms with Crippen LogP contribution in [0.5, 0.6) is 0 Å². The summed E-state index contributed by atoms with van der Waals surface area (Å²) >= 11 is 0. The molecule has 1 saturated carbocycles. The van der Waals surface area contributed by atoms with E-state index in [1.54, 1.807) is 11.6 Å². The predicted octanol–water partition coefficient (Wildman–Crippen LogP) is 7.47. The minimum absolute atomic E-state index is 0.00168. The van der Waals surface area contributed by atoms with Gasteiger partial charge in [0, 0.05) is 36.3 Å². The van der Waals surface area contributed by atoms with Gasteiger partial charge in [0.25, 0.3) is 0 Å². The van der Waals surface area contributed by atoms with Gasteiger partial charge in [-0.1, -0.05) is 30.3 Å². The number of aromatic nitrogens is 3. The third-order valence-electron chi connectivity index (χ3n) is 10.2. The van der Waals surface area contributed by atoms with Crippen molar-refractivity contribution in [2.24, 2.45) is 5.92 Å². The molecule has 2 aromatic heterocycles. The van der Waals surface area contributed by atoms with E-state index in [2.05, 4.69) is 28.6 Å². The summed E-state index contributed by atoms with van der Waals surface area (Å²) in [5.74, 6) is 1.04. The van der Waals surface area contributed by atoms with Crippen LogP contribution in [0.4, 0.5) is 10.1 Å². The number of esters is 1. The zero-order chi connectivity index (χ0) is 32.7. The number of carbonyl (C=O) groups is 2. The lowest BCUT2D eigenvalue weighted by Gasteiger charge is -2.33. The van der Waals surface area contributed by atoms with Crippen molar-refractivity contribution in [2.75, 3.05) is 25.0 Å². The summed E-state index contributed by atoms with van der Waals surface area (Å²) in [6, 6.07) is 16.1. The molecule has 2 aliphatic carbocycles. The number of aryl methyl sites for hydroxylation is 1. The molecule has 1 aliphatic heterocycles. The fourth-order valence-corrected chi connectivity index (χ4v) is 7.30. The van der Waals surface area contributed by atoms with Gasteiger partial charge in [-0.15, -0.1) is 0 Å². The first-order valence-corrected chi connectivity index (χ1v) is 17.0. The number of benzene rings is 2. The van der Waals surface area contributed by atoms with Crippen LogP contribution in [0.3, 0.4) is 0 Å². The van der Waals surface area contributed by atoms with Gasteiger partial charge < -0.3 is 15.0 Å². The minimum Gasteiger partial charge on any atom is -0.462 e. The molecule has 244 valence electrons. The van der Waals surface area contributed by atoms with Crippen LogP contribution in [0.15, 0.2) is 54.7 Å². The van der Waals surface area contributed by atoms with E-state index in [0.29, 0.717) is 54.7 Å². The van der Waals surface area contributed by atoms with Gasteiger partial charge in [-0.05, 0) is 106 Å². The summed E-state index contributed by atoms with van der Waals surface area (Å²) in [5, 5.41) is 8.12. The van der Waals surface area contributed by atoms with Crippen LogP contribution in [0, 0.1) is 25.6 Å². The number of nitrogens with zero attached hydrogens (tertiary/aromatic N) is 4. The smallest absolute Gasteiger partial charge is 0.341 e. The van der Waals surface area contributed by atoms with Gasteiger partial charge in [-0.2, -0.15) is 5.10 Å². The molecule has 1 saturated heterocycles. The highest BCUT2D eigenvalue weighted by atomic mass is 19.1. The molecule has 0 spiro atoms. The van der Waals surface area contributed by atoms with Gasteiger partial charge >= 0.3 is 5.97 Å².